The molecule has 0 saturated heterocycles. The fourth-order valence-electron chi connectivity index (χ4n) is 1.65. The van der Waals surface area contributed by atoms with Crippen LogP contribution in [-0.2, 0) is 0 Å². The molecule has 19 heavy (non-hydrogen) atoms. The number of hydrogen-bond acceptors (Lipinski definition) is 2. The molecule has 1 amide bonds. The zero-order valence-electron chi connectivity index (χ0n) is 10.2. The lowest BCUT2D eigenvalue weighted by atomic mass is 10.1. The van der Waals surface area contributed by atoms with Gasteiger partial charge in [0.25, 0.3) is 5.91 Å². The summed E-state index contributed by atoms with van der Waals surface area (Å²) in [7, 11) is 0. The van der Waals surface area contributed by atoms with Crippen LogP contribution in [0.5, 0.6) is 0 Å². The Kier molecular flexibility index (Phi) is 3.98. The Morgan fingerprint density at radius 2 is 1.89 bits per heavy atom. The third-order valence-electron chi connectivity index (χ3n) is 2.75. The normalized spacial score (nSPS) is 10.3. The molecule has 3 N–H and O–H groups in total. The molecule has 0 bridgehead atoms. The fourth-order valence-corrected chi connectivity index (χ4v) is 2.10. The van der Waals surface area contributed by atoms with Crippen LogP contribution in [-0.4, -0.2) is 5.91 Å². The minimum Gasteiger partial charge on any atom is -0.399 e. The van der Waals surface area contributed by atoms with Crippen LogP contribution >= 0.6 is 23.2 Å². The van der Waals surface area contributed by atoms with Gasteiger partial charge in [0.15, 0.2) is 0 Å². The summed E-state index contributed by atoms with van der Waals surface area (Å²) in [5, 5.41) is 3.69. The number of amides is 1. The van der Waals surface area contributed by atoms with E-state index in [0.717, 1.165) is 5.56 Å². The second kappa shape index (κ2) is 5.51. The first-order chi connectivity index (χ1) is 8.99. The minimum absolute atomic E-state index is 0.296. The van der Waals surface area contributed by atoms with Crippen molar-refractivity contribution in [1.82, 2.24) is 0 Å². The summed E-state index contributed by atoms with van der Waals surface area (Å²) >= 11 is 12.0. The summed E-state index contributed by atoms with van der Waals surface area (Å²) in [6, 6.07) is 10.1. The number of nitrogen functional groups attached to an aromatic ring is 1. The number of carbonyl (C=O) groups excluding carboxylic acids is 1. The van der Waals surface area contributed by atoms with Crippen molar-refractivity contribution in [2.45, 2.75) is 6.92 Å². The van der Waals surface area contributed by atoms with E-state index in [1.54, 1.807) is 36.4 Å². The highest BCUT2D eigenvalue weighted by atomic mass is 35.5. The Hall–Kier alpha value is -1.71. The highest BCUT2D eigenvalue weighted by Crippen LogP contribution is 2.25. The standard InChI is InChI=1S/C14H12Cl2N2O/c1-8-11(15)3-2-4-13(8)18-14(19)10-6-5-9(17)7-12(10)16/h2-7H,17H2,1H3,(H,18,19). The number of nitrogens with one attached hydrogen (secondary N) is 1. The predicted molar refractivity (Wildman–Crippen MR) is 80.0 cm³/mol. The maximum absolute atomic E-state index is 12.1. The zero-order valence-corrected chi connectivity index (χ0v) is 11.7. The van der Waals surface area contributed by atoms with Gasteiger partial charge in [0.1, 0.15) is 0 Å². The van der Waals surface area contributed by atoms with E-state index < -0.39 is 0 Å². The maximum atomic E-state index is 12.1. The van der Waals surface area contributed by atoms with Crippen LogP contribution in [0.15, 0.2) is 36.4 Å². The quantitative estimate of drug-likeness (QED) is 0.818. The summed E-state index contributed by atoms with van der Waals surface area (Å²) < 4.78 is 0. The van der Waals surface area contributed by atoms with Crippen molar-refractivity contribution < 1.29 is 4.79 Å². The predicted octanol–water partition coefficient (Wildman–Crippen LogP) is 4.14. The van der Waals surface area contributed by atoms with Crippen LogP contribution in [0.3, 0.4) is 0 Å². The van der Waals surface area contributed by atoms with Gasteiger partial charge in [-0.3, -0.25) is 4.79 Å². The van der Waals surface area contributed by atoms with E-state index in [1.165, 1.54) is 0 Å². The largest absolute Gasteiger partial charge is 0.399 e. The monoisotopic (exact) mass is 294 g/mol. The van der Waals surface area contributed by atoms with E-state index >= 15 is 0 Å². The lowest BCUT2D eigenvalue weighted by Gasteiger charge is -2.10. The molecule has 0 aliphatic rings. The number of nitrogens with two attached hydrogens (primary N) is 1. The van der Waals surface area contributed by atoms with Gasteiger partial charge in [-0.25, -0.2) is 0 Å². The molecule has 0 aliphatic carbocycles. The van der Waals surface area contributed by atoms with Gasteiger partial charge >= 0.3 is 0 Å². The first-order valence-electron chi connectivity index (χ1n) is 5.60. The van der Waals surface area contributed by atoms with E-state index in [-0.39, 0.29) is 5.91 Å². The molecule has 2 aromatic rings. The summed E-state index contributed by atoms with van der Waals surface area (Å²) in [6.45, 7) is 1.84. The Bertz CT molecular complexity index is 641. The molecule has 0 radical (unpaired) electrons. The first kappa shape index (κ1) is 13.7. The molecule has 0 heterocycles. The van der Waals surface area contributed by atoms with Crippen LogP contribution in [0.1, 0.15) is 15.9 Å². The van der Waals surface area contributed by atoms with Gasteiger partial charge in [0, 0.05) is 16.4 Å². The Labute approximate surface area is 121 Å². The van der Waals surface area contributed by atoms with Crippen molar-refractivity contribution in [3.05, 3.63) is 57.6 Å². The Morgan fingerprint density at radius 3 is 2.58 bits per heavy atom. The van der Waals surface area contributed by atoms with E-state index in [4.69, 9.17) is 28.9 Å². The highest BCUT2D eigenvalue weighted by Gasteiger charge is 2.12. The third-order valence-corrected chi connectivity index (χ3v) is 3.48. The van der Waals surface area contributed by atoms with Crippen molar-refractivity contribution in [2.75, 3.05) is 11.1 Å². The Morgan fingerprint density at radius 1 is 1.16 bits per heavy atom. The van der Waals surface area contributed by atoms with Gasteiger partial charge < -0.3 is 11.1 Å². The van der Waals surface area contributed by atoms with Crippen LogP contribution in [0, 0.1) is 6.92 Å². The number of hydrogen-bond donors (Lipinski definition) is 2. The number of rotatable bonds is 2. The molecule has 0 fully saturated rings. The lowest BCUT2D eigenvalue weighted by Crippen LogP contribution is -2.13. The average molecular weight is 295 g/mol. The molecular weight excluding hydrogens is 283 g/mol. The van der Waals surface area contributed by atoms with Crippen molar-refractivity contribution in [3.8, 4) is 0 Å². The van der Waals surface area contributed by atoms with Crippen molar-refractivity contribution in [1.29, 1.82) is 0 Å². The molecule has 98 valence electrons. The molecule has 0 aromatic heterocycles. The lowest BCUT2D eigenvalue weighted by molar-refractivity contribution is 0.102. The smallest absolute Gasteiger partial charge is 0.257 e. The topological polar surface area (TPSA) is 55.1 Å². The van der Waals surface area contributed by atoms with Crippen LogP contribution < -0.4 is 11.1 Å². The molecule has 5 heteroatoms. The van der Waals surface area contributed by atoms with Crippen LogP contribution in [0.2, 0.25) is 10.0 Å². The molecule has 0 spiro atoms. The molecule has 3 nitrogen and oxygen atoms in total. The Balaban J connectivity index is 2.28. The molecule has 0 aliphatic heterocycles. The average Bonchev–Trinajstić information content (AvgIpc) is 2.34. The number of halogens is 2. The summed E-state index contributed by atoms with van der Waals surface area (Å²) in [4.78, 5) is 12.1. The molecule has 0 unspecified atom stereocenters. The highest BCUT2D eigenvalue weighted by molar-refractivity contribution is 6.35. The molecule has 2 aromatic carbocycles. The fraction of sp³-hybridized carbons (Fsp3) is 0.0714. The van der Waals surface area contributed by atoms with Crippen LogP contribution in [0.4, 0.5) is 11.4 Å². The van der Waals surface area contributed by atoms with Crippen molar-refractivity contribution >= 4 is 40.5 Å². The van der Waals surface area contributed by atoms with Gasteiger partial charge in [0.05, 0.1) is 10.6 Å². The minimum atomic E-state index is -0.296. The molecule has 0 saturated carbocycles. The second-order valence-electron chi connectivity index (χ2n) is 4.11. The van der Waals surface area contributed by atoms with Crippen LogP contribution in [0.25, 0.3) is 0 Å². The molecular formula is C14H12Cl2N2O. The van der Waals surface area contributed by atoms with Gasteiger partial charge in [-0.1, -0.05) is 29.3 Å². The molecule has 0 atom stereocenters. The number of carbonyl (C=O) groups is 1. The SMILES string of the molecule is Cc1c(Cl)cccc1NC(=O)c1ccc(N)cc1Cl. The first-order valence-corrected chi connectivity index (χ1v) is 6.36. The summed E-state index contributed by atoms with van der Waals surface area (Å²) in [6.07, 6.45) is 0. The van der Waals surface area contributed by atoms with E-state index in [1.807, 2.05) is 6.92 Å². The zero-order chi connectivity index (χ0) is 14.0. The van der Waals surface area contributed by atoms with Crippen molar-refractivity contribution in [2.24, 2.45) is 0 Å². The maximum Gasteiger partial charge on any atom is 0.257 e. The van der Waals surface area contributed by atoms with E-state index in [9.17, 15) is 4.79 Å². The summed E-state index contributed by atoms with van der Waals surface area (Å²) in [5.74, 6) is -0.296. The number of anilines is 2. The van der Waals surface area contributed by atoms with Gasteiger partial charge in [-0.2, -0.15) is 0 Å². The third kappa shape index (κ3) is 3.00. The van der Waals surface area contributed by atoms with Crippen molar-refractivity contribution in [3.63, 3.8) is 0 Å². The summed E-state index contributed by atoms with van der Waals surface area (Å²) in [5.41, 5.74) is 7.94. The van der Waals surface area contributed by atoms with Gasteiger partial charge in [-0.15, -0.1) is 0 Å². The molecule has 2 rings (SSSR count). The van der Waals surface area contributed by atoms with E-state index in [0.29, 0.717) is 27.0 Å². The second-order valence-corrected chi connectivity index (χ2v) is 4.92. The van der Waals surface area contributed by atoms with Gasteiger partial charge in [0.2, 0.25) is 0 Å². The van der Waals surface area contributed by atoms with E-state index in [2.05, 4.69) is 5.32 Å². The number of benzene rings is 2. The van der Waals surface area contributed by atoms with Gasteiger partial charge in [-0.05, 0) is 42.8 Å².